The lowest BCUT2D eigenvalue weighted by Gasteiger charge is -2.26. The summed E-state index contributed by atoms with van der Waals surface area (Å²) >= 11 is 0. The van der Waals surface area contributed by atoms with Crippen LogP contribution < -0.4 is 10.1 Å². The van der Waals surface area contributed by atoms with E-state index in [1.54, 1.807) is 11.9 Å². The molecule has 0 spiro atoms. The molecule has 0 radical (unpaired) electrons. The SMILES string of the molecule is Cc1cccc(OCCC(=O)N(C)[C@@H]2CNC[C@H]2O)c1. The van der Waals surface area contributed by atoms with E-state index in [1.165, 1.54) is 0 Å². The highest BCUT2D eigenvalue weighted by molar-refractivity contribution is 5.76. The number of hydrogen-bond acceptors (Lipinski definition) is 4. The highest BCUT2D eigenvalue weighted by atomic mass is 16.5. The summed E-state index contributed by atoms with van der Waals surface area (Å²) in [5, 5.41) is 12.8. The lowest BCUT2D eigenvalue weighted by Crippen LogP contribution is -2.44. The first kappa shape index (κ1) is 14.8. The molecule has 1 heterocycles. The average molecular weight is 278 g/mol. The molecule has 5 heteroatoms. The topological polar surface area (TPSA) is 61.8 Å². The van der Waals surface area contributed by atoms with Crippen LogP contribution >= 0.6 is 0 Å². The summed E-state index contributed by atoms with van der Waals surface area (Å²) in [5.74, 6) is 0.772. The van der Waals surface area contributed by atoms with Crippen molar-refractivity contribution in [3.63, 3.8) is 0 Å². The lowest BCUT2D eigenvalue weighted by molar-refractivity contribution is -0.133. The molecule has 1 aromatic rings. The molecule has 20 heavy (non-hydrogen) atoms. The predicted molar refractivity (Wildman–Crippen MR) is 76.7 cm³/mol. The number of β-amino-alcohol motifs (C(OH)–C–C–N with tert-alkyl or cyclic N) is 1. The smallest absolute Gasteiger partial charge is 0.226 e. The van der Waals surface area contributed by atoms with E-state index < -0.39 is 6.10 Å². The summed E-state index contributed by atoms with van der Waals surface area (Å²) in [7, 11) is 1.73. The minimum atomic E-state index is -0.485. The Kier molecular flexibility index (Phi) is 4.98. The normalized spacial score (nSPS) is 21.8. The van der Waals surface area contributed by atoms with E-state index in [4.69, 9.17) is 4.74 Å². The van der Waals surface area contributed by atoms with Crippen molar-refractivity contribution in [1.82, 2.24) is 10.2 Å². The Labute approximate surface area is 119 Å². The zero-order valence-electron chi connectivity index (χ0n) is 12.0. The molecule has 0 bridgehead atoms. The van der Waals surface area contributed by atoms with E-state index in [1.807, 2.05) is 31.2 Å². The first-order valence-corrected chi connectivity index (χ1v) is 6.92. The van der Waals surface area contributed by atoms with Crippen molar-refractivity contribution in [2.75, 3.05) is 26.7 Å². The number of nitrogens with one attached hydrogen (secondary N) is 1. The van der Waals surface area contributed by atoms with E-state index in [-0.39, 0.29) is 11.9 Å². The Bertz CT molecular complexity index is 464. The first-order chi connectivity index (χ1) is 9.58. The summed E-state index contributed by atoms with van der Waals surface area (Å²) in [6.45, 7) is 3.54. The molecule has 2 N–H and O–H groups in total. The largest absolute Gasteiger partial charge is 0.493 e. The average Bonchev–Trinajstić information content (AvgIpc) is 2.84. The van der Waals surface area contributed by atoms with Crippen molar-refractivity contribution in [1.29, 1.82) is 0 Å². The van der Waals surface area contributed by atoms with Crippen LogP contribution in [0.5, 0.6) is 5.75 Å². The molecule has 2 atom stereocenters. The molecule has 1 saturated heterocycles. The van der Waals surface area contributed by atoms with Gasteiger partial charge in [-0.25, -0.2) is 0 Å². The number of aliphatic hydroxyl groups is 1. The van der Waals surface area contributed by atoms with Crippen LogP contribution in [0.1, 0.15) is 12.0 Å². The van der Waals surface area contributed by atoms with Gasteiger partial charge in [-0.05, 0) is 24.6 Å². The Hall–Kier alpha value is -1.59. The van der Waals surface area contributed by atoms with Gasteiger partial charge in [0, 0.05) is 20.1 Å². The summed E-state index contributed by atoms with van der Waals surface area (Å²) in [4.78, 5) is 13.7. The van der Waals surface area contributed by atoms with Crippen molar-refractivity contribution in [2.24, 2.45) is 0 Å². The van der Waals surface area contributed by atoms with Crippen LogP contribution in [0.25, 0.3) is 0 Å². The minimum Gasteiger partial charge on any atom is -0.493 e. The molecule has 1 amide bonds. The molecule has 5 nitrogen and oxygen atoms in total. The van der Waals surface area contributed by atoms with Gasteiger partial charge in [-0.3, -0.25) is 4.79 Å². The number of likely N-dealkylation sites (N-methyl/N-ethyl adjacent to an activating group) is 1. The van der Waals surface area contributed by atoms with Crippen LogP contribution in [0, 0.1) is 6.92 Å². The van der Waals surface area contributed by atoms with Crippen LogP contribution in [0.15, 0.2) is 24.3 Å². The van der Waals surface area contributed by atoms with E-state index in [0.29, 0.717) is 26.1 Å². The van der Waals surface area contributed by atoms with Crippen molar-refractivity contribution in [3.05, 3.63) is 29.8 Å². The van der Waals surface area contributed by atoms with E-state index in [2.05, 4.69) is 5.32 Å². The van der Waals surface area contributed by atoms with Gasteiger partial charge in [0.2, 0.25) is 5.91 Å². The van der Waals surface area contributed by atoms with Gasteiger partial charge in [0.15, 0.2) is 0 Å². The number of amides is 1. The van der Waals surface area contributed by atoms with Crippen LogP contribution in [-0.4, -0.2) is 54.8 Å². The number of hydrogen-bond donors (Lipinski definition) is 2. The maximum atomic E-state index is 12.0. The lowest BCUT2D eigenvalue weighted by atomic mass is 10.2. The fourth-order valence-corrected chi connectivity index (χ4v) is 2.37. The maximum absolute atomic E-state index is 12.0. The fourth-order valence-electron chi connectivity index (χ4n) is 2.37. The molecule has 110 valence electrons. The van der Waals surface area contributed by atoms with Crippen LogP contribution in [0.2, 0.25) is 0 Å². The predicted octanol–water partition coefficient (Wildman–Crippen LogP) is 0.555. The number of benzene rings is 1. The zero-order valence-corrected chi connectivity index (χ0v) is 12.0. The van der Waals surface area contributed by atoms with Crippen molar-refractivity contribution >= 4 is 5.91 Å². The van der Waals surface area contributed by atoms with Gasteiger partial charge < -0.3 is 20.1 Å². The van der Waals surface area contributed by atoms with Gasteiger partial charge in [-0.1, -0.05) is 12.1 Å². The van der Waals surface area contributed by atoms with Gasteiger partial charge in [0.1, 0.15) is 5.75 Å². The molecule has 1 fully saturated rings. The van der Waals surface area contributed by atoms with Gasteiger partial charge in [-0.15, -0.1) is 0 Å². The number of nitrogens with zero attached hydrogens (tertiary/aromatic N) is 1. The van der Waals surface area contributed by atoms with Crippen LogP contribution in [0.3, 0.4) is 0 Å². The first-order valence-electron chi connectivity index (χ1n) is 6.92. The number of ether oxygens (including phenoxy) is 1. The molecule has 1 aliphatic heterocycles. The van der Waals surface area contributed by atoms with Gasteiger partial charge in [0.25, 0.3) is 0 Å². The molecule has 1 aromatic carbocycles. The number of rotatable bonds is 5. The molecule has 2 rings (SSSR count). The molecule has 0 unspecified atom stereocenters. The molecule has 0 aliphatic carbocycles. The van der Waals surface area contributed by atoms with Crippen molar-refractivity contribution in [3.8, 4) is 5.75 Å². The maximum Gasteiger partial charge on any atom is 0.226 e. The highest BCUT2D eigenvalue weighted by Crippen LogP contribution is 2.13. The Balaban J connectivity index is 1.77. The third-order valence-electron chi connectivity index (χ3n) is 3.62. The minimum absolute atomic E-state index is 0.00889. The second-order valence-electron chi connectivity index (χ2n) is 5.21. The number of carbonyl (C=O) groups excluding carboxylic acids is 1. The van der Waals surface area contributed by atoms with Crippen LogP contribution in [-0.2, 0) is 4.79 Å². The summed E-state index contributed by atoms with van der Waals surface area (Å²) in [5.41, 5.74) is 1.13. The second-order valence-corrected chi connectivity index (χ2v) is 5.21. The van der Waals surface area contributed by atoms with Crippen LogP contribution in [0.4, 0.5) is 0 Å². The molecular weight excluding hydrogens is 256 g/mol. The standard InChI is InChI=1S/C15H22N2O3/c1-11-4-3-5-12(8-11)20-7-6-15(19)17(2)13-9-16-10-14(13)18/h3-5,8,13-14,16,18H,6-7,9-10H2,1-2H3/t13-,14-/m1/s1. The van der Waals surface area contributed by atoms with E-state index in [9.17, 15) is 9.90 Å². The fraction of sp³-hybridized carbons (Fsp3) is 0.533. The third kappa shape index (κ3) is 3.71. The van der Waals surface area contributed by atoms with Gasteiger partial charge >= 0.3 is 0 Å². The molecule has 0 aromatic heterocycles. The number of carbonyl (C=O) groups is 1. The third-order valence-corrected chi connectivity index (χ3v) is 3.62. The van der Waals surface area contributed by atoms with Gasteiger partial charge in [0.05, 0.1) is 25.2 Å². The molecular formula is C15H22N2O3. The summed E-state index contributed by atoms with van der Waals surface area (Å²) in [6.07, 6.45) is -0.171. The van der Waals surface area contributed by atoms with Crippen molar-refractivity contribution in [2.45, 2.75) is 25.5 Å². The second kappa shape index (κ2) is 6.72. The van der Waals surface area contributed by atoms with Gasteiger partial charge in [-0.2, -0.15) is 0 Å². The Morgan fingerprint density at radius 2 is 2.30 bits per heavy atom. The highest BCUT2D eigenvalue weighted by Gasteiger charge is 2.30. The quantitative estimate of drug-likeness (QED) is 0.826. The summed E-state index contributed by atoms with van der Waals surface area (Å²) in [6, 6.07) is 7.62. The number of aryl methyl sites for hydroxylation is 1. The van der Waals surface area contributed by atoms with E-state index in [0.717, 1.165) is 11.3 Å². The Morgan fingerprint density at radius 1 is 1.50 bits per heavy atom. The monoisotopic (exact) mass is 278 g/mol. The number of aliphatic hydroxyl groups excluding tert-OH is 1. The summed E-state index contributed by atoms with van der Waals surface area (Å²) < 4.78 is 5.57. The zero-order chi connectivity index (χ0) is 14.5. The Morgan fingerprint density at radius 3 is 2.95 bits per heavy atom. The molecule has 1 aliphatic rings. The van der Waals surface area contributed by atoms with Crippen molar-refractivity contribution < 1.29 is 14.6 Å². The molecule has 0 saturated carbocycles. The van der Waals surface area contributed by atoms with E-state index >= 15 is 0 Å².